The highest BCUT2D eigenvalue weighted by Gasteiger charge is 2.21. The zero-order valence-corrected chi connectivity index (χ0v) is 20.0. The van der Waals surface area contributed by atoms with Gasteiger partial charge < -0.3 is 15.5 Å². The van der Waals surface area contributed by atoms with Crippen molar-refractivity contribution in [3.63, 3.8) is 0 Å². The number of aliphatic imine (C=N–C) groups is 1. The monoisotopic (exact) mass is 518 g/mol. The van der Waals surface area contributed by atoms with Crippen LogP contribution in [0, 0.1) is 0 Å². The Morgan fingerprint density at radius 1 is 1.20 bits per heavy atom. The third-order valence-corrected chi connectivity index (χ3v) is 5.40. The second-order valence-electron chi connectivity index (χ2n) is 7.68. The third-order valence-electron chi connectivity index (χ3n) is 5.40. The van der Waals surface area contributed by atoms with E-state index in [9.17, 15) is 0 Å². The number of fused-ring (bicyclic) bond motifs is 1. The van der Waals surface area contributed by atoms with E-state index in [0.717, 1.165) is 38.4 Å². The Kier molecular flexibility index (Phi) is 7.95. The Morgan fingerprint density at radius 3 is 2.80 bits per heavy atom. The molecule has 2 heterocycles. The zero-order chi connectivity index (χ0) is 20.1. The summed E-state index contributed by atoms with van der Waals surface area (Å²) in [6, 6.07) is 15.4. The van der Waals surface area contributed by atoms with E-state index in [2.05, 4.69) is 76.2 Å². The Hall–Kier alpha value is -2.29. The first-order valence-corrected chi connectivity index (χ1v) is 10.5. The molecule has 2 aromatic carbocycles. The molecule has 4 rings (SSSR count). The maximum Gasteiger partial charge on any atom is 0.191 e. The van der Waals surface area contributed by atoms with E-state index in [4.69, 9.17) is 4.99 Å². The minimum Gasteiger partial charge on any atom is -0.367 e. The second-order valence-corrected chi connectivity index (χ2v) is 7.68. The van der Waals surface area contributed by atoms with Crippen molar-refractivity contribution in [2.75, 3.05) is 24.5 Å². The van der Waals surface area contributed by atoms with Crippen LogP contribution in [0.1, 0.15) is 25.3 Å². The largest absolute Gasteiger partial charge is 0.367 e. The van der Waals surface area contributed by atoms with Crippen LogP contribution in [0.15, 0.2) is 59.9 Å². The average molecular weight is 518 g/mol. The SMILES string of the molecule is CCNC(=NCc1ccc2ccccc2c1)NC1CCCN(c2cnn(C)c2)C1.I. The average Bonchev–Trinajstić information content (AvgIpc) is 3.19. The number of hydrogen-bond acceptors (Lipinski definition) is 3. The van der Waals surface area contributed by atoms with Crippen LogP contribution in [0.4, 0.5) is 5.69 Å². The molecule has 0 aliphatic carbocycles. The number of nitrogens with one attached hydrogen (secondary N) is 2. The molecule has 0 spiro atoms. The minimum absolute atomic E-state index is 0. The molecule has 0 saturated carbocycles. The van der Waals surface area contributed by atoms with Crippen LogP contribution < -0.4 is 15.5 Å². The van der Waals surface area contributed by atoms with Crippen molar-refractivity contribution in [3.8, 4) is 0 Å². The topological polar surface area (TPSA) is 57.5 Å². The molecule has 160 valence electrons. The van der Waals surface area contributed by atoms with Crippen molar-refractivity contribution in [1.29, 1.82) is 0 Å². The molecule has 30 heavy (non-hydrogen) atoms. The summed E-state index contributed by atoms with van der Waals surface area (Å²) in [5.74, 6) is 0.888. The van der Waals surface area contributed by atoms with Crippen molar-refractivity contribution in [2.24, 2.45) is 12.0 Å². The highest BCUT2D eigenvalue weighted by Crippen LogP contribution is 2.19. The van der Waals surface area contributed by atoms with Gasteiger partial charge in [-0.2, -0.15) is 5.10 Å². The fourth-order valence-electron chi connectivity index (χ4n) is 3.92. The van der Waals surface area contributed by atoms with Gasteiger partial charge in [0.25, 0.3) is 0 Å². The Bertz CT molecular complexity index is 982. The van der Waals surface area contributed by atoms with Gasteiger partial charge in [0.15, 0.2) is 5.96 Å². The number of piperidine rings is 1. The number of benzene rings is 2. The van der Waals surface area contributed by atoms with E-state index >= 15 is 0 Å². The van der Waals surface area contributed by atoms with Gasteiger partial charge >= 0.3 is 0 Å². The van der Waals surface area contributed by atoms with Gasteiger partial charge in [0.05, 0.1) is 18.4 Å². The lowest BCUT2D eigenvalue weighted by Crippen LogP contribution is -2.51. The molecule has 1 unspecified atom stereocenters. The molecule has 1 fully saturated rings. The van der Waals surface area contributed by atoms with Gasteiger partial charge in [-0.15, -0.1) is 24.0 Å². The number of aryl methyl sites for hydroxylation is 1. The number of aromatic nitrogens is 2. The van der Waals surface area contributed by atoms with Gasteiger partial charge in [-0.25, -0.2) is 4.99 Å². The van der Waals surface area contributed by atoms with E-state index in [-0.39, 0.29) is 24.0 Å². The molecule has 3 aromatic rings. The van der Waals surface area contributed by atoms with E-state index in [1.54, 1.807) is 0 Å². The predicted molar refractivity (Wildman–Crippen MR) is 136 cm³/mol. The van der Waals surface area contributed by atoms with Crippen molar-refractivity contribution < 1.29 is 0 Å². The Balaban J connectivity index is 0.00000256. The van der Waals surface area contributed by atoms with Gasteiger partial charge in [-0.1, -0.05) is 36.4 Å². The lowest BCUT2D eigenvalue weighted by Gasteiger charge is -2.34. The summed E-state index contributed by atoms with van der Waals surface area (Å²) in [7, 11) is 1.96. The van der Waals surface area contributed by atoms with E-state index in [1.807, 2.05) is 17.9 Å². The van der Waals surface area contributed by atoms with E-state index in [1.165, 1.54) is 22.0 Å². The number of rotatable bonds is 5. The second kappa shape index (κ2) is 10.7. The van der Waals surface area contributed by atoms with Crippen LogP contribution in [0.2, 0.25) is 0 Å². The van der Waals surface area contributed by atoms with Crippen LogP contribution in [0.5, 0.6) is 0 Å². The number of guanidine groups is 1. The molecule has 7 heteroatoms. The number of nitrogens with zero attached hydrogens (tertiary/aromatic N) is 4. The summed E-state index contributed by atoms with van der Waals surface area (Å²) >= 11 is 0. The summed E-state index contributed by atoms with van der Waals surface area (Å²) in [5, 5.41) is 13.9. The van der Waals surface area contributed by atoms with Crippen LogP contribution >= 0.6 is 24.0 Å². The molecule has 1 aliphatic heterocycles. The van der Waals surface area contributed by atoms with Crippen LogP contribution in [-0.4, -0.2) is 41.4 Å². The van der Waals surface area contributed by atoms with Crippen LogP contribution in [0.25, 0.3) is 10.8 Å². The fourth-order valence-corrected chi connectivity index (χ4v) is 3.92. The van der Waals surface area contributed by atoms with Crippen molar-refractivity contribution >= 4 is 46.4 Å². The highest BCUT2D eigenvalue weighted by molar-refractivity contribution is 14.0. The molecule has 6 nitrogen and oxygen atoms in total. The molecule has 1 aliphatic rings. The first-order valence-electron chi connectivity index (χ1n) is 10.5. The quantitative estimate of drug-likeness (QED) is 0.306. The molecule has 1 atom stereocenters. The molecule has 1 aromatic heterocycles. The number of halogens is 1. The van der Waals surface area contributed by atoms with Crippen LogP contribution in [-0.2, 0) is 13.6 Å². The molecular weight excluding hydrogens is 487 g/mol. The molecule has 2 N–H and O–H groups in total. The molecular formula is C23H31IN6. The van der Waals surface area contributed by atoms with Gasteiger partial charge in [-0.3, -0.25) is 4.68 Å². The summed E-state index contributed by atoms with van der Waals surface area (Å²) < 4.78 is 1.86. The highest BCUT2D eigenvalue weighted by atomic mass is 127. The normalized spacial score (nSPS) is 16.9. The summed E-state index contributed by atoms with van der Waals surface area (Å²) in [6.45, 7) is 5.67. The van der Waals surface area contributed by atoms with Gasteiger partial charge in [-0.05, 0) is 42.2 Å². The van der Waals surface area contributed by atoms with Crippen molar-refractivity contribution in [2.45, 2.75) is 32.4 Å². The van der Waals surface area contributed by atoms with E-state index < -0.39 is 0 Å². The molecule has 0 radical (unpaired) electrons. The van der Waals surface area contributed by atoms with Gasteiger partial charge in [0, 0.05) is 38.9 Å². The smallest absolute Gasteiger partial charge is 0.191 e. The molecule has 0 amide bonds. The first kappa shape index (κ1) is 22.4. The fraction of sp³-hybridized carbons (Fsp3) is 0.391. The minimum atomic E-state index is 0. The van der Waals surface area contributed by atoms with Crippen LogP contribution in [0.3, 0.4) is 0 Å². The Morgan fingerprint density at radius 2 is 2.03 bits per heavy atom. The van der Waals surface area contributed by atoms with E-state index in [0.29, 0.717) is 12.6 Å². The Labute approximate surface area is 195 Å². The molecule has 1 saturated heterocycles. The summed E-state index contributed by atoms with van der Waals surface area (Å²) in [5.41, 5.74) is 2.42. The third kappa shape index (κ3) is 5.65. The number of hydrogen-bond donors (Lipinski definition) is 2. The van der Waals surface area contributed by atoms with Crippen molar-refractivity contribution in [1.82, 2.24) is 20.4 Å². The van der Waals surface area contributed by atoms with Crippen molar-refractivity contribution in [3.05, 3.63) is 60.4 Å². The number of anilines is 1. The summed E-state index contributed by atoms with van der Waals surface area (Å²) in [4.78, 5) is 7.25. The summed E-state index contributed by atoms with van der Waals surface area (Å²) in [6.07, 6.45) is 6.34. The first-order chi connectivity index (χ1) is 14.2. The lowest BCUT2D eigenvalue weighted by molar-refractivity contribution is 0.468. The van der Waals surface area contributed by atoms with Gasteiger partial charge in [0.1, 0.15) is 0 Å². The maximum atomic E-state index is 4.85. The van der Waals surface area contributed by atoms with Gasteiger partial charge in [0.2, 0.25) is 0 Å². The predicted octanol–water partition coefficient (Wildman–Crippen LogP) is 3.92. The molecule has 0 bridgehead atoms. The zero-order valence-electron chi connectivity index (χ0n) is 17.7. The standard InChI is InChI=1S/C23H30N6.HI/c1-3-24-23(25-14-18-10-11-19-7-4-5-8-20(19)13-18)27-21-9-6-12-29(16-21)22-15-26-28(2)17-22;/h4-5,7-8,10-11,13,15,17,21H,3,6,9,12,14,16H2,1-2H3,(H2,24,25,27);1H. The maximum absolute atomic E-state index is 4.85. The lowest BCUT2D eigenvalue weighted by atomic mass is 10.1.